The standard InChI is InChI=1S/C9H14N2O2/c1-6-7(4-5-10-6)11-8(12)2-3-9(11)13/h6-7,10H,2-5H2,1H3. The predicted octanol–water partition coefficient (Wildman–Crippen LogP) is -0.114. The summed E-state index contributed by atoms with van der Waals surface area (Å²) >= 11 is 0. The molecular formula is C9H14N2O2. The molecule has 72 valence electrons. The Hall–Kier alpha value is -0.900. The number of nitrogens with zero attached hydrogens (tertiary/aromatic N) is 1. The first-order chi connectivity index (χ1) is 6.20. The van der Waals surface area contributed by atoms with E-state index in [1.807, 2.05) is 6.92 Å². The van der Waals surface area contributed by atoms with Crippen molar-refractivity contribution in [2.24, 2.45) is 0 Å². The number of likely N-dealkylation sites (tertiary alicyclic amines) is 1. The summed E-state index contributed by atoms with van der Waals surface area (Å²) in [6.45, 7) is 2.93. The first kappa shape index (κ1) is 8.69. The highest BCUT2D eigenvalue weighted by atomic mass is 16.2. The zero-order valence-electron chi connectivity index (χ0n) is 7.75. The van der Waals surface area contributed by atoms with Gasteiger partial charge in [0.05, 0.1) is 6.04 Å². The van der Waals surface area contributed by atoms with E-state index in [0.717, 1.165) is 13.0 Å². The third-order valence-electron chi connectivity index (χ3n) is 2.91. The Morgan fingerprint density at radius 3 is 2.38 bits per heavy atom. The van der Waals surface area contributed by atoms with E-state index in [4.69, 9.17) is 0 Å². The fourth-order valence-corrected chi connectivity index (χ4v) is 2.16. The third kappa shape index (κ3) is 1.35. The van der Waals surface area contributed by atoms with E-state index in [1.54, 1.807) is 0 Å². The fourth-order valence-electron chi connectivity index (χ4n) is 2.16. The fraction of sp³-hybridized carbons (Fsp3) is 0.778. The molecule has 0 aromatic heterocycles. The van der Waals surface area contributed by atoms with Gasteiger partial charge >= 0.3 is 0 Å². The van der Waals surface area contributed by atoms with Crippen LogP contribution in [0.15, 0.2) is 0 Å². The number of hydrogen-bond donors (Lipinski definition) is 1. The minimum atomic E-state index is 0.00514. The predicted molar refractivity (Wildman–Crippen MR) is 47.0 cm³/mol. The molecule has 0 radical (unpaired) electrons. The van der Waals surface area contributed by atoms with Gasteiger partial charge in [-0.3, -0.25) is 14.5 Å². The molecule has 2 fully saturated rings. The van der Waals surface area contributed by atoms with E-state index in [0.29, 0.717) is 12.8 Å². The molecule has 0 spiro atoms. The summed E-state index contributed by atoms with van der Waals surface area (Å²) in [6.07, 6.45) is 1.71. The third-order valence-corrected chi connectivity index (χ3v) is 2.91. The van der Waals surface area contributed by atoms with Gasteiger partial charge in [0, 0.05) is 18.9 Å². The number of hydrogen-bond acceptors (Lipinski definition) is 3. The Kier molecular flexibility index (Phi) is 2.07. The number of carbonyl (C=O) groups excluding carboxylic acids is 2. The van der Waals surface area contributed by atoms with E-state index in [1.165, 1.54) is 4.90 Å². The van der Waals surface area contributed by atoms with Gasteiger partial charge in [-0.1, -0.05) is 0 Å². The number of rotatable bonds is 1. The second-order valence-electron chi connectivity index (χ2n) is 3.76. The molecule has 0 saturated carbocycles. The molecule has 0 aromatic rings. The molecule has 2 amide bonds. The summed E-state index contributed by atoms with van der Waals surface area (Å²) in [5, 5.41) is 3.24. The summed E-state index contributed by atoms with van der Waals surface area (Å²) in [6, 6.07) is 0.355. The van der Waals surface area contributed by atoms with Gasteiger partial charge in [-0.2, -0.15) is 0 Å². The highest BCUT2D eigenvalue weighted by Crippen LogP contribution is 2.22. The minimum absolute atomic E-state index is 0.00514. The molecule has 2 aliphatic rings. The van der Waals surface area contributed by atoms with E-state index in [-0.39, 0.29) is 23.9 Å². The SMILES string of the molecule is CC1NCCC1N1C(=O)CCC1=O. The lowest BCUT2D eigenvalue weighted by molar-refractivity contribution is -0.141. The van der Waals surface area contributed by atoms with Crippen molar-refractivity contribution in [3.63, 3.8) is 0 Å². The molecule has 4 heteroatoms. The molecule has 2 saturated heterocycles. The number of nitrogens with one attached hydrogen (secondary N) is 1. The molecule has 2 aliphatic heterocycles. The average molecular weight is 182 g/mol. The summed E-state index contributed by atoms with van der Waals surface area (Å²) in [5.41, 5.74) is 0. The topological polar surface area (TPSA) is 49.4 Å². The summed E-state index contributed by atoms with van der Waals surface area (Å²) in [4.78, 5) is 24.3. The molecule has 1 N–H and O–H groups in total. The number of carbonyl (C=O) groups is 2. The quantitative estimate of drug-likeness (QED) is 0.575. The number of amides is 2. The van der Waals surface area contributed by atoms with Crippen molar-refractivity contribution in [2.45, 2.75) is 38.3 Å². The summed E-state index contributed by atoms with van der Waals surface area (Å²) < 4.78 is 0. The van der Waals surface area contributed by atoms with E-state index in [9.17, 15) is 9.59 Å². The molecule has 0 aromatic carbocycles. The normalized spacial score (nSPS) is 34.7. The van der Waals surface area contributed by atoms with Crippen LogP contribution in [-0.4, -0.2) is 35.3 Å². The highest BCUT2D eigenvalue weighted by Gasteiger charge is 2.39. The summed E-state index contributed by atoms with van der Waals surface area (Å²) in [7, 11) is 0. The highest BCUT2D eigenvalue weighted by molar-refractivity contribution is 6.02. The van der Waals surface area contributed by atoms with Crippen molar-refractivity contribution in [1.29, 1.82) is 0 Å². The van der Waals surface area contributed by atoms with Crippen LogP contribution in [0.1, 0.15) is 26.2 Å². The van der Waals surface area contributed by atoms with Crippen molar-refractivity contribution >= 4 is 11.8 Å². The zero-order chi connectivity index (χ0) is 9.42. The van der Waals surface area contributed by atoms with Crippen LogP contribution in [0.3, 0.4) is 0 Å². The van der Waals surface area contributed by atoms with Crippen LogP contribution in [0.25, 0.3) is 0 Å². The van der Waals surface area contributed by atoms with Crippen molar-refractivity contribution in [2.75, 3.05) is 6.54 Å². The van der Waals surface area contributed by atoms with Crippen LogP contribution in [0.2, 0.25) is 0 Å². The first-order valence-corrected chi connectivity index (χ1v) is 4.78. The Labute approximate surface area is 77.3 Å². The molecule has 2 unspecified atom stereocenters. The van der Waals surface area contributed by atoms with Gasteiger partial charge in [0.1, 0.15) is 0 Å². The van der Waals surface area contributed by atoms with Crippen molar-refractivity contribution < 1.29 is 9.59 Å². The van der Waals surface area contributed by atoms with Crippen LogP contribution in [0.4, 0.5) is 0 Å². The average Bonchev–Trinajstić information content (AvgIpc) is 2.60. The van der Waals surface area contributed by atoms with Crippen LogP contribution < -0.4 is 5.32 Å². The van der Waals surface area contributed by atoms with Crippen LogP contribution in [0.5, 0.6) is 0 Å². The van der Waals surface area contributed by atoms with Crippen LogP contribution >= 0.6 is 0 Å². The van der Waals surface area contributed by atoms with Crippen molar-refractivity contribution in [3.8, 4) is 0 Å². The second-order valence-corrected chi connectivity index (χ2v) is 3.76. The molecule has 13 heavy (non-hydrogen) atoms. The molecule has 2 rings (SSSR count). The second kappa shape index (κ2) is 3.10. The lowest BCUT2D eigenvalue weighted by Gasteiger charge is -2.24. The van der Waals surface area contributed by atoms with Gasteiger partial charge in [0.2, 0.25) is 11.8 Å². The van der Waals surface area contributed by atoms with E-state index >= 15 is 0 Å². The van der Waals surface area contributed by atoms with Crippen LogP contribution in [0, 0.1) is 0 Å². The lowest BCUT2D eigenvalue weighted by atomic mass is 10.1. The Morgan fingerprint density at radius 1 is 1.31 bits per heavy atom. The summed E-state index contributed by atoms with van der Waals surface area (Å²) in [5.74, 6) is 0.0103. The van der Waals surface area contributed by atoms with Gasteiger partial charge in [0.15, 0.2) is 0 Å². The molecule has 2 heterocycles. The smallest absolute Gasteiger partial charge is 0.229 e. The molecular weight excluding hydrogens is 168 g/mol. The largest absolute Gasteiger partial charge is 0.312 e. The van der Waals surface area contributed by atoms with Crippen LogP contribution in [-0.2, 0) is 9.59 Å². The number of imide groups is 1. The molecule has 0 bridgehead atoms. The van der Waals surface area contributed by atoms with Gasteiger partial charge in [0.25, 0.3) is 0 Å². The van der Waals surface area contributed by atoms with Gasteiger partial charge in [-0.25, -0.2) is 0 Å². The first-order valence-electron chi connectivity index (χ1n) is 4.78. The maximum absolute atomic E-state index is 11.4. The molecule has 4 nitrogen and oxygen atoms in total. The lowest BCUT2D eigenvalue weighted by Crippen LogP contribution is -2.45. The Bertz CT molecular complexity index is 236. The van der Waals surface area contributed by atoms with Crippen molar-refractivity contribution in [1.82, 2.24) is 10.2 Å². The minimum Gasteiger partial charge on any atom is -0.312 e. The Balaban J connectivity index is 2.14. The van der Waals surface area contributed by atoms with Gasteiger partial charge in [-0.05, 0) is 19.9 Å². The maximum atomic E-state index is 11.4. The van der Waals surface area contributed by atoms with Gasteiger partial charge in [-0.15, -0.1) is 0 Å². The van der Waals surface area contributed by atoms with Crippen molar-refractivity contribution in [3.05, 3.63) is 0 Å². The van der Waals surface area contributed by atoms with E-state index in [2.05, 4.69) is 5.32 Å². The maximum Gasteiger partial charge on any atom is 0.229 e. The monoisotopic (exact) mass is 182 g/mol. The molecule has 0 aliphatic carbocycles. The van der Waals surface area contributed by atoms with Gasteiger partial charge < -0.3 is 5.32 Å². The zero-order valence-corrected chi connectivity index (χ0v) is 7.75. The van der Waals surface area contributed by atoms with E-state index < -0.39 is 0 Å². The Morgan fingerprint density at radius 2 is 1.92 bits per heavy atom. The molecule has 2 atom stereocenters.